The number of hydrogen-bond acceptors (Lipinski definition) is 13. The van der Waals surface area contributed by atoms with Crippen molar-refractivity contribution in [2.24, 2.45) is 0 Å². The van der Waals surface area contributed by atoms with Gasteiger partial charge in [-0.2, -0.15) is 0 Å². The average Bonchev–Trinajstić information content (AvgIpc) is 4.18. The van der Waals surface area contributed by atoms with E-state index in [0.29, 0.717) is 45.6 Å². The molecule has 10 rings (SSSR count). The fourth-order valence-electron chi connectivity index (χ4n) is 7.00. The highest BCUT2D eigenvalue weighted by Gasteiger charge is 2.52. The molecule has 6 aromatic rings. The number of ether oxygens (including phenoxy) is 6. The zero-order valence-electron chi connectivity index (χ0n) is 33.4. The van der Waals surface area contributed by atoms with Crippen molar-refractivity contribution in [2.45, 2.75) is 57.8 Å². The lowest BCUT2D eigenvalue weighted by atomic mass is 9.94. The molecule has 2 saturated carbocycles. The minimum Gasteiger partial charge on any atom is -0.496 e. The second-order valence-corrected chi connectivity index (χ2v) is 15.4. The molecular weight excluding hydrogens is 870 g/mol. The summed E-state index contributed by atoms with van der Waals surface area (Å²) in [5.74, 6) is 5.11. The van der Waals surface area contributed by atoms with Gasteiger partial charge >= 0.3 is 0 Å². The number of benzene rings is 4. The number of rotatable bonds is 10. The Bertz CT molecular complexity index is 2530. The number of anilines is 3. The molecule has 2 amide bonds. The third-order valence-electron chi connectivity index (χ3n) is 10.7. The van der Waals surface area contributed by atoms with E-state index in [2.05, 4.69) is 46.5 Å². The maximum absolute atomic E-state index is 13.0. The molecule has 0 unspecified atom stereocenters. The Balaban J connectivity index is 0.000000176. The lowest BCUT2D eigenvalue weighted by Crippen LogP contribution is -2.28. The monoisotopic (exact) mass is 919 g/mol. The highest BCUT2D eigenvalue weighted by atomic mass is 79.9. The van der Waals surface area contributed by atoms with Crippen molar-refractivity contribution < 1.29 is 38.0 Å². The molecule has 2 aromatic heterocycles. The zero-order valence-corrected chi connectivity index (χ0v) is 34.9. The van der Waals surface area contributed by atoms with Gasteiger partial charge in [-0.25, -0.2) is 15.0 Å². The summed E-state index contributed by atoms with van der Waals surface area (Å²) in [5.41, 5.74) is 8.85. The Morgan fingerprint density at radius 3 is 1.59 bits per heavy atom. The maximum Gasteiger partial charge on any atom is 0.236 e. The van der Waals surface area contributed by atoms with Gasteiger partial charge < -0.3 is 44.8 Å². The van der Waals surface area contributed by atoms with Crippen molar-refractivity contribution in [3.05, 3.63) is 137 Å². The summed E-state index contributed by atoms with van der Waals surface area (Å²) >= 11 is 3.22. The van der Waals surface area contributed by atoms with Crippen LogP contribution in [0, 0.1) is 0 Å². The van der Waals surface area contributed by atoms with E-state index >= 15 is 0 Å². The highest BCUT2D eigenvalue weighted by molar-refractivity contribution is 9.10. The number of hydrogen-bond donors (Lipinski definition) is 3. The highest BCUT2D eigenvalue weighted by Crippen LogP contribution is 2.52. The van der Waals surface area contributed by atoms with Gasteiger partial charge in [-0.15, -0.1) is 0 Å². The maximum atomic E-state index is 13.0. The van der Waals surface area contributed by atoms with E-state index < -0.39 is 10.8 Å². The Morgan fingerprint density at radius 2 is 1.13 bits per heavy atom. The molecule has 328 valence electrons. The number of nitrogens with one attached hydrogen (secondary N) is 2. The molecule has 4 aromatic carbocycles. The smallest absolute Gasteiger partial charge is 0.236 e. The predicted molar refractivity (Wildman–Crippen MR) is 243 cm³/mol. The number of amides is 2. The van der Waals surface area contributed by atoms with E-state index in [0.717, 1.165) is 65.3 Å². The number of nitrogens with zero attached hydrogens (tertiary/aromatic N) is 4. The van der Waals surface area contributed by atoms with Crippen LogP contribution in [0.2, 0.25) is 0 Å². The summed E-state index contributed by atoms with van der Waals surface area (Å²) in [7, 11) is 3.25. The van der Waals surface area contributed by atoms with Crippen LogP contribution in [0.3, 0.4) is 0 Å². The summed E-state index contributed by atoms with van der Waals surface area (Å²) in [4.78, 5) is 42.6. The van der Waals surface area contributed by atoms with Gasteiger partial charge in [0.05, 0.1) is 61.2 Å². The molecule has 63 heavy (non-hydrogen) atoms. The van der Waals surface area contributed by atoms with E-state index in [1.165, 1.54) is 6.20 Å². The number of aromatic nitrogens is 4. The topological polar surface area (TPSA) is 191 Å². The van der Waals surface area contributed by atoms with E-state index in [4.69, 9.17) is 34.2 Å². The largest absolute Gasteiger partial charge is 0.496 e. The normalized spacial score (nSPS) is 14.7. The minimum absolute atomic E-state index is 0. The molecule has 0 spiro atoms. The Kier molecular flexibility index (Phi) is 14.4. The molecule has 4 heterocycles. The number of nitrogen functional groups attached to an aromatic ring is 1. The van der Waals surface area contributed by atoms with Crippen LogP contribution in [0.1, 0.15) is 62.9 Å². The standard InChI is InChI=1S/C23H21N3O4.C15H12BrN3O3.C7H9NO.2CH4/c1-28-18-5-3-2-4-15(18)10-17-12-25-21(13-24-17)26-22(27)23(8-9-23)16-6-7-19-20(11-16)30-14-29-19;16-12-6-18-13(7-17-12)19-14(20)15(3-4-15)9-1-2-10-11(5-9)22-8-21-10;1-9-7-5-3-2-4-6(7)8;;/h2-7,11-13H,8-10,14H2,1H3,(H,25,26,27);1-2,5-7H,3-4,8H2,(H,18,19,20);2-5H,8H2,1H3;2*1H4. The van der Waals surface area contributed by atoms with Crippen LogP contribution in [-0.2, 0) is 26.8 Å². The van der Waals surface area contributed by atoms with Gasteiger partial charge in [-0.1, -0.05) is 57.3 Å². The van der Waals surface area contributed by atoms with Gasteiger partial charge in [0.25, 0.3) is 0 Å². The summed E-state index contributed by atoms with van der Waals surface area (Å²) in [6.07, 6.45) is 10.2. The van der Waals surface area contributed by atoms with Crippen LogP contribution in [0.5, 0.6) is 34.5 Å². The first kappa shape index (κ1) is 45.6. The Hall–Kier alpha value is -6.94. The lowest BCUT2D eigenvalue weighted by molar-refractivity contribution is -0.119. The lowest BCUT2D eigenvalue weighted by Gasteiger charge is -2.16. The second-order valence-electron chi connectivity index (χ2n) is 14.6. The summed E-state index contributed by atoms with van der Waals surface area (Å²) in [6.45, 7) is 0.446. The predicted octanol–water partition coefficient (Wildman–Crippen LogP) is 8.66. The first-order valence-corrected chi connectivity index (χ1v) is 20.2. The van der Waals surface area contributed by atoms with Crippen molar-refractivity contribution in [1.82, 2.24) is 19.9 Å². The van der Waals surface area contributed by atoms with Crippen LogP contribution in [0.15, 0.2) is 114 Å². The van der Waals surface area contributed by atoms with Gasteiger partial charge in [-0.3, -0.25) is 14.6 Å². The minimum atomic E-state index is -0.543. The van der Waals surface area contributed by atoms with E-state index in [9.17, 15) is 9.59 Å². The van der Waals surface area contributed by atoms with Gasteiger partial charge in [-0.05, 0) is 95.2 Å². The number of carbonyl (C=O) groups is 2. The molecule has 2 aliphatic heterocycles. The van der Waals surface area contributed by atoms with E-state index in [-0.39, 0.29) is 40.3 Å². The molecule has 2 aliphatic carbocycles. The summed E-state index contributed by atoms with van der Waals surface area (Å²) in [6, 6.07) is 26.6. The molecule has 0 radical (unpaired) electrons. The summed E-state index contributed by atoms with van der Waals surface area (Å²) < 4.78 is 32.4. The Labute approximate surface area is 374 Å². The van der Waals surface area contributed by atoms with E-state index in [1.54, 1.807) is 38.9 Å². The number of fused-ring (bicyclic) bond motifs is 2. The van der Waals surface area contributed by atoms with Crippen LogP contribution < -0.4 is 44.8 Å². The van der Waals surface area contributed by atoms with Crippen LogP contribution in [0.4, 0.5) is 17.3 Å². The van der Waals surface area contributed by atoms with Crippen LogP contribution in [0.25, 0.3) is 0 Å². The molecule has 4 aliphatic rings. The second kappa shape index (κ2) is 19.8. The van der Waals surface area contributed by atoms with Gasteiger partial charge in [0.15, 0.2) is 34.6 Å². The fraction of sp³-hybridized carbons (Fsp3) is 0.277. The molecular formula is C47H50BrN7O8. The van der Waals surface area contributed by atoms with Crippen molar-refractivity contribution in [3.8, 4) is 34.5 Å². The molecule has 0 saturated heterocycles. The Morgan fingerprint density at radius 1 is 0.635 bits per heavy atom. The van der Waals surface area contributed by atoms with Crippen molar-refractivity contribution >= 4 is 45.1 Å². The molecule has 0 bridgehead atoms. The van der Waals surface area contributed by atoms with Crippen molar-refractivity contribution in [3.63, 3.8) is 0 Å². The van der Waals surface area contributed by atoms with Crippen molar-refractivity contribution in [2.75, 3.05) is 44.2 Å². The molecule has 15 nitrogen and oxygen atoms in total. The van der Waals surface area contributed by atoms with Crippen LogP contribution >= 0.6 is 15.9 Å². The summed E-state index contributed by atoms with van der Waals surface area (Å²) in [5, 5.41) is 5.75. The van der Waals surface area contributed by atoms with Crippen LogP contribution in [-0.4, -0.2) is 59.6 Å². The third-order valence-corrected chi connectivity index (χ3v) is 11.1. The van der Waals surface area contributed by atoms with Gasteiger partial charge in [0.1, 0.15) is 16.1 Å². The molecule has 2 fully saturated rings. The molecule has 16 heteroatoms. The first-order valence-electron chi connectivity index (χ1n) is 19.4. The third kappa shape index (κ3) is 10.2. The molecule has 4 N–H and O–H groups in total. The number of methoxy groups -OCH3 is 2. The van der Waals surface area contributed by atoms with Gasteiger partial charge in [0, 0.05) is 12.0 Å². The fourth-order valence-corrected chi connectivity index (χ4v) is 7.21. The van der Waals surface area contributed by atoms with Crippen molar-refractivity contribution in [1.29, 1.82) is 0 Å². The van der Waals surface area contributed by atoms with Gasteiger partial charge in [0.2, 0.25) is 25.4 Å². The van der Waals surface area contributed by atoms with E-state index in [1.807, 2.05) is 78.9 Å². The number of nitrogens with two attached hydrogens (primary N) is 1. The number of carbonyl (C=O) groups excluding carboxylic acids is 2. The number of halogens is 1. The average molecular weight is 921 g/mol. The zero-order chi connectivity index (χ0) is 42.4. The first-order chi connectivity index (χ1) is 29.7. The quantitative estimate of drug-likeness (QED) is 0.111. The molecule has 0 atom stereocenters. The number of para-hydroxylation sites is 3. The SMILES string of the molecule is C.C.COc1ccccc1Cc1cnc(NC(=O)C2(c3ccc4c(c3)OCO4)CC2)cn1.COc1ccccc1N.O=C(Nc1cnc(Br)cn1)C1(c2ccc3c(c2)OCO3)CC1.